The lowest BCUT2D eigenvalue weighted by Gasteiger charge is -2.03. The van der Waals surface area contributed by atoms with Gasteiger partial charge in [-0.3, -0.25) is 4.79 Å². The van der Waals surface area contributed by atoms with E-state index in [1.807, 2.05) is 48.5 Å². The number of halogens is 2. The van der Waals surface area contributed by atoms with Crippen LogP contribution >= 0.6 is 39.3 Å². The van der Waals surface area contributed by atoms with E-state index in [1.165, 1.54) is 11.8 Å². The molecule has 0 fully saturated rings. The number of Topliss-reactive ketones (excluding diaryl/α,β-unsaturated/α-hetero) is 1. The first-order chi connectivity index (χ1) is 12.1. The lowest BCUT2D eigenvalue weighted by molar-refractivity contribution is 0.102. The van der Waals surface area contributed by atoms with Gasteiger partial charge in [-0.15, -0.1) is 11.8 Å². The maximum atomic E-state index is 12.6. The Kier molecular flexibility index (Phi) is 4.54. The Balaban J connectivity index is 1.62. The van der Waals surface area contributed by atoms with Gasteiger partial charge in [0.05, 0.1) is 5.75 Å². The summed E-state index contributed by atoms with van der Waals surface area (Å²) < 4.78 is 1.01. The zero-order chi connectivity index (χ0) is 17.4. The zero-order valence-corrected chi connectivity index (χ0v) is 16.1. The zero-order valence-electron chi connectivity index (χ0n) is 12.9. The highest BCUT2D eigenvalue weighted by Gasteiger charge is 2.11. The molecule has 0 saturated carbocycles. The second kappa shape index (κ2) is 6.83. The Hall–Kier alpha value is -1.82. The first-order valence-corrected chi connectivity index (χ1v) is 9.75. The van der Waals surface area contributed by atoms with E-state index in [-0.39, 0.29) is 5.78 Å². The van der Waals surface area contributed by atoms with Crippen molar-refractivity contribution in [1.82, 2.24) is 9.97 Å². The van der Waals surface area contributed by atoms with Crippen LogP contribution in [0.15, 0.2) is 64.0 Å². The monoisotopic (exact) mass is 430 g/mol. The number of carbonyl (C=O) groups excluding carboxylic acids is 1. The number of benzene rings is 2. The number of H-pyrrole nitrogens is 1. The molecule has 3 nitrogen and oxygen atoms in total. The Bertz CT molecular complexity index is 1110. The number of aromatic amines is 1. The quantitative estimate of drug-likeness (QED) is 0.241. The Labute approximate surface area is 161 Å². The molecular formula is C19H12BrClN2OS. The van der Waals surface area contributed by atoms with E-state index in [9.17, 15) is 4.79 Å². The van der Waals surface area contributed by atoms with Gasteiger partial charge in [-0.2, -0.15) is 0 Å². The van der Waals surface area contributed by atoms with Gasteiger partial charge in [0.25, 0.3) is 0 Å². The highest BCUT2D eigenvalue weighted by molar-refractivity contribution is 9.10. The third-order valence-corrected chi connectivity index (χ3v) is 5.61. The van der Waals surface area contributed by atoms with Gasteiger partial charge in [0.15, 0.2) is 5.78 Å². The molecule has 2 aromatic carbocycles. The van der Waals surface area contributed by atoms with Gasteiger partial charge in [0.1, 0.15) is 10.8 Å². The molecule has 0 amide bonds. The SMILES string of the molecule is O=C(CSc1cccc(Br)c1)c1ccc2[nH]c3nc(Cl)ccc3c2c1. The van der Waals surface area contributed by atoms with Crippen molar-refractivity contribution < 1.29 is 4.79 Å². The van der Waals surface area contributed by atoms with E-state index < -0.39 is 0 Å². The normalized spacial score (nSPS) is 11.3. The summed E-state index contributed by atoms with van der Waals surface area (Å²) in [4.78, 5) is 21.2. The van der Waals surface area contributed by atoms with Crippen LogP contribution in [-0.2, 0) is 0 Å². The number of rotatable bonds is 4. The van der Waals surface area contributed by atoms with Crippen molar-refractivity contribution in [2.45, 2.75) is 4.90 Å². The smallest absolute Gasteiger partial charge is 0.173 e. The first-order valence-electron chi connectivity index (χ1n) is 7.60. The predicted molar refractivity (Wildman–Crippen MR) is 108 cm³/mol. The van der Waals surface area contributed by atoms with Crippen molar-refractivity contribution in [3.05, 3.63) is 69.8 Å². The van der Waals surface area contributed by atoms with Crippen molar-refractivity contribution in [1.29, 1.82) is 0 Å². The summed E-state index contributed by atoms with van der Waals surface area (Å²) in [6, 6.07) is 17.3. The van der Waals surface area contributed by atoms with Crippen LogP contribution in [0.4, 0.5) is 0 Å². The summed E-state index contributed by atoms with van der Waals surface area (Å²) in [5.41, 5.74) is 2.38. The highest BCUT2D eigenvalue weighted by atomic mass is 79.9. The van der Waals surface area contributed by atoms with Gasteiger partial charge in [-0.05, 0) is 48.5 Å². The number of pyridine rings is 1. The summed E-state index contributed by atoms with van der Waals surface area (Å²) in [6.45, 7) is 0. The summed E-state index contributed by atoms with van der Waals surface area (Å²) in [7, 11) is 0. The molecule has 1 N–H and O–H groups in total. The molecular weight excluding hydrogens is 420 g/mol. The molecule has 0 aliphatic carbocycles. The van der Waals surface area contributed by atoms with Crippen LogP contribution in [0.2, 0.25) is 5.15 Å². The maximum absolute atomic E-state index is 12.6. The molecule has 0 radical (unpaired) electrons. The highest BCUT2D eigenvalue weighted by Crippen LogP contribution is 2.28. The van der Waals surface area contributed by atoms with E-state index in [0.29, 0.717) is 16.5 Å². The minimum atomic E-state index is 0.100. The number of fused-ring (bicyclic) bond motifs is 3. The summed E-state index contributed by atoms with van der Waals surface area (Å²) in [5, 5.41) is 2.40. The number of aromatic nitrogens is 2. The third kappa shape index (κ3) is 3.45. The minimum Gasteiger partial charge on any atom is -0.339 e. The van der Waals surface area contributed by atoms with Crippen LogP contribution in [0.3, 0.4) is 0 Å². The summed E-state index contributed by atoms with van der Waals surface area (Å²) in [6.07, 6.45) is 0. The summed E-state index contributed by atoms with van der Waals surface area (Å²) in [5.74, 6) is 0.497. The fraction of sp³-hybridized carbons (Fsp3) is 0.0526. The van der Waals surface area contributed by atoms with Crippen molar-refractivity contribution >= 4 is 67.0 Å². The number of nitrogens with one attached hydrogen (secondary N) is 1. The van der Waals surface area contributed by atoms with Crippen LogP contribution in [-0.4, -0.2) is 21.5 Å². The molecule has 0 atom stereocenters. The van der Waals surface area contributed by atoms with Gasteiger partial charge >= 0.3 is 0 Å². The van der Waals surface area contributed by atoms with Crippen LogP contribution in [0.1, 0.15) is 10.4 Å². The molecule has 0 aliphatic rings. The van der Waals surface area contributed by atoms with Gasteiger partial charge in [0, 0.05) is 31.2 Å². The number of nitrogens with zero attached hydrogens (tertiary/aromatic N) is 1. The van der Waals surface area contributed by atoms with Crippen LogP contribution in [0.25, 0.3) is 21.9 Å². The Morgan fingerprint density at radius 1 is 1.12 bits per heavy atom. The molecule has 6 heteroatoms. The molecule has 25 heavy (non-hydrogen) atoms. The van der Waals surface area contributed by atoms with Gasteiger partial charge in [0.2, 0.25) is 0 Å². The lowest BCUT2D eigenvalue weighted by Crippen LogP contribution is -2.01. The van der Waals surface area contributed by atoms with E-state index in [0.717, 1.165) is 31.3 Å². The average Bonchev–Trinajstić information content (AvgIpc) is 2.96. The van der Waals surface area contributed by atoms with Gasteiger partial charge in [-0.1, -0.05) is 33.6 Å². The van der Waals surface area contributed by atoms with E-state index >= 15 is 0 Å². The maximum Gasteiger partial charge on any atom is 0.173 e. The van der Waals surface area contributed by atoms with E-state index in [2.05, 4.69) is 25.9 Å². The predicted octanol–water partition coefficient (Wildman–Crippen LogP) is 6.11. The number of hydrogen-bond acceptors (Lipinski definition) is 3. The average molecular weight is 432 g/mol. The Morgan fingerprint density at radius 3 is 2.84 bits per heavy atom. The first kappa shape index (κ1) is 16.6. The second-order valence-electron chi connectivity index (χ2n) is 5.58. The fourth-order valence-corrected chi connectivity index (χ4v) is 4.26. The van der Waals surface area contributed by atoms with Crippen LogP contribution in [0, 0.1) is 0 Å². The number of ketones is 1. The molecule has 0 unspecified atom stereocenters. The molecule has 2 heterocycles. The standard InChI is InChI=1S/C19H12BrClN2OS/c20-12-2-1-3-13(9-12)25-10-17(24)11-4-6-16-15(8-11)14-5-7-18(21)23-19(14)22-16/h1-9H,10H2,(H,22,23). The molecule has 124 valence electrons. The molecule has 0 aliphatic heterocycles. The molecule has 4 aromatic rings. The van der Waals surface area contributed by atoms with Crippen LogP contribution < -0.4 is 0 Å². The van der Waals surface area contributed by atoms with Crippen LogP contribution in [0.5, 0.6) is 0 Å². The van der Waals surface area contributed by atoms with Crippen molar-refractivity contribution in [2.75, 3.05) is 5.75 Å². The topological polar surface area (TPSA) is 45.8 Å². The number of carbonyl (C=O) groups is 1. The Morgan fingerprint density at radius 2 is 2.00 bits per heavy atom. The van der Waals surface area contributed by atoms with E-state index in [4.69, 9.17) is 11.6 Å². The van der Waals surface area contributed by atoms with E-state index in [1.54, 1.807) is 6.07 Å². The summed E-state index contributed by atoms with van der Waals surface area (Å²) >= 11 is 10.9. The second-order valence-corrected chi connectivity index (χ2v) is 7.94. The van der Waals surface area contributed by atoms with Gasteiger partial charge in [-0.25, -0.2) is 4.98 Å². The number of thioether (sulfide) groups is 1. The van der Waals surface area contributed by atoms with Gasteiger partial charge < -0.3 is 4.98 Å². The lowest BCUT2D eigenvalue weighted by atomic mass is 10.1. The third-order valence-electron chi connectivity index (χ3n) is 3.91. The molecule has 4 rings (SSSR count). The van der Waals surface area contributed by atoms with Crippen molar-refractivity contribution in [3.63, 3.8) is 0 Å². The fourth-order valence-electron chi connectivity index (χ4n) is 2.71. The molecule has 0 spiro atoms. The van der Waals surface area contributed by atoms with Crippen molar-refractivity contribution in [2.24, 2.45) is 0 Å². The largest absolute Gasteiger partial charge is 0.339 e. The molecule has 0 saturated heterocycles. The number of hydrogen-bond donors (Lipinski definition) is 1. The minimum absolute atomic E-state index is 0.100. The van der Waals surface area contributed by atoms with Crippen molar-refractivity contribution in [3.8, 4) is 0 Å². The molecule has 2 aromatic heterocycles. The molecule has 0 bridgehead atoms.